The van der Waals surface area contributed by atoms with Crippen LogP contribution in [-0.2, 0) is 9.59 Å². The maximum absolute atomic E-state index is 13.1. The molecule has 3 rings (SSSR count). The van der Waals surface area contributed by atoms with Gasteiger partial charge in [0.05, 0.1) is 17.2 Å². The molecule has 1 saturated heterocycles. The third-order valence-corrected chi connectivity index (χ3v) is 4.40. The molecule has 0 aromatic heterocycles. The normalized spacial score (nSPS) is 16.3. The van der Waals surface area contributed by atoms with Crippen molar-refractivity contribution in [2.24, 2.45) is 5.92 Å². The lowest BCUT2D eigenvalue weighted by Gasteiger charge is -2.17. The Balaban J connectivity index is 1.72. The summed E-state index contributed by atoms with van der Waals surface area (Å²) in [7, 11) is 0. The van der Waals surface area contributed by atoms with Gasteiger partial charge in [-0.2, -0.15) is 0 Å². The zero-order valence-corrected chi connectivity index (χ0v) is 14.9. The van der Waals surface area contributed by atoms with Crippen molar-refractivity contribution in [2.45, 2.75) is 13.3 Å². The van der Waals surface area contributed by atoms with Gasteiger partial charge < -0.3 is 15.5 Å². The van der Waals surface area contributed by atoms with E-state index in [0.717, 1.165) is 0 Å². The number of benzene rings is 2. The summed E-state index contributed by atoms with van der Waals surface area (Å²) in [5.74, 6) is -1.74. The van der Waals surface area contributed by atoms with Crippen LogP contribution in [-0.4, -0.2) is 30.8 Å². The highest BCUT2D eigenvalue weighted by Gasteiger charge is 2.35. The van der Waals surface area contributed by atoms with Gasteiger partial charge >= 0.3 is 0 Å². The van der Waals surface area contributed by atoms with E-state index in [9.17, 15) is 18.8 Å². The van der Waals surface area contributed by atoms with Gasteiger partial charge in [-0.3, -0.25) is 14.4 Å². The zero-order valence-electron chi connectivity index (χ0n) is 14.9. The Morgan fingerprint density at radius 1 is 1.15 bits per heavy atom. The number of nitrogens with one attached hydrogen (secondary N) is 2. The first-order chi connectivity index (χ1) is 13.0. The number of nitrogens with zero attached hydrogens (tertiary/aromatic N) is 1. The van der Waals surface area contributed by atoms with Crippen molar-refractivity contribution in [2.75, 3.05) is 23.3 Å². The number of hydrogen-bond donors (Lipinski definition) is 2. The Morgan fingerprint density at radius 3 is 2.56 bits per heavy atom. The van der Waals surface area contributed by atoms with Crippen LogP contribution in [0, 0.1) is 11.7 Å². The number of rotatable bonds is 5. The Labute approximate surface area is 156 Å². The molecule has 0 radical (unpaired) electrons. The number of halogens is 1. The topological polar surface area (TPSA) is 78.5 Å². The molecule has 0 spiro atoms. The first kappa shape index (κ1) is 18.6. The van der Waals surface area contributed by atoms with Gasteiger partial charge in [-0.1, -0.05) is 12.1 Å². The summed E-state index contributed by atoms with van der Waals surface area (Å²) in [6.45, 7) is 2.50. The molecule has 140 valence electrons. The summed E-state index contributed by atoms with van der Waals surface area (Å²) in [5.41, 5.74) is 1.33. The van der Waals surface area contributed by atoms with Crippen molar-refractivity contribution in [3.63, 3.8) is 0 Å². The first-order valence-electron chi connectivity index (χ1n) is 8.73. The van der Waals surface area contributed by atoms with Gasteiger partial charge in [-0.25, -0.2) is 4.39 Å². The fourth-order valence-electron chi connectivity index (χ4n) is 3.03. The molecule has 3 amide bonds. The molecule has 7 heteroatoms. The third-order valence-electron chi connectivity index (χ3n) is 4.40. The predicted octanol–water partition coefficient (Wildman–Crippen LogP) is 2.57. The summed E-state index contributed by atoms with van der Waals surface area (Å²) in [5, 5.41) is 5.46. The summed E-state index contributed by atoms with van der Waals surface area (Å²) in [6, 6.07) is 12.3. The summed E-state index contributed by atoms with van der Waals surface area (Å²) in [4.78, 5) is 38.5. The maximum atomic E-state index is 13.1. The molecule has 2 aromatic carbocycles. The van der Waals surface area contributed by atoms with E-state index < -0.39 is 5.92 Å². The van der Waals surface area contributed by atoms with Crippen LogP contribution in [0.25, 0.3) is 0 Å². The highest BCUT2D eigenvalue weighted by atomic mass is 19.1. The molecule has 1 aliphatic heterocycles. The van der Waals surface area contributed by atoms with Gasteiger partial charge in [0.1, 0.15) is 5.82 Å². The van der Waals surface area contributed by atoms with Gasteiger partial charge in [0.25, 0.3) is 5.91 Å². The van der Waals surface area contributed by atoms with E-state index >= 15 is 0 Å². The zero-order chi connectivity index (χ0) is 19.4. The van der Waals surface area contributed by atoms with Crippen molar-refractivity contribution in [3.8, 4) is 0 Å². The fourth-order valence-corrected chi connectivity index (χ4v) is 3.03. The summed E-state index contributed by atoms with van der Waals surface area (Å²) in [6.07, 6.45) is 0.0620. The van der Waals surface area contributed by atoms with Crippen LogP contribution in [0.1, 0.15) is 23.7 Å². The largest absolute Gasteiger partial charge is 0.352 e. The Kier molecular flexibility index (Phi) is 5.49. The molecule has 2 aromatic rings. The average Bonchev–Trinajstić information content (AvgIpc) is 3.05. The molecule has 0 saturated carbocycles. The van der Waals surface area contributed by atoms with Crippen molar-refractivity contribution in [3.05, 3.63) is 59.9 Å². The van der Waals surface area contributed by atoms with Crippen LogP contribution in [0.5, 0.6) is 0 Å². The Morgan fingerprint density at radius 2 is 1.85 bits per heavy atom. The van der Waals surface area contributed by atoms with Gasteiger partial charge in [0.2, 0.25) is 11.8 Å². The Bertz CT molecular complexity index is 867. The van der Waals surface area contributed by atoms with E-state index in [-0.39, 0.29) is 36.5 Å². The lowest BCUT2D eigenvalue weighted by Crippen LogP contribution is -2.29. The highest BCUT2D eigenvalue weighted by molar-refractivity contribution is 6.07. The maximum Gasteiger partial charge on any atom is 0.253 e. The van der Waals surface area contributed by atoms with Crippen LogP contribution in [0.3, 0.4) is 0 Å². The molecule has 1 atom stereocenters. The van der Waals surface area contributed by atoms with Crippen molar-refractivity contribution in [1.29, 1.82) is 0 Å². The summed E-state index contributed by atoms with van der Waals surface area (Å²) >= 11 is 0. The number of carbonyl (C=O) groups excluding carboxylic acids is 3. The van der Waals surface area contributed by atoms with Crippen molar-refractivity contribution < 1.29 is 18.8 Å². The standard InChI is InChI=1S/C20H20FN3O3/c1-2-22-20(27)16-5-3-4-6-17(16)23-19(26)13-11-18(25)24(12-13)15-9-7-14(21)8-10-15/h3-10,13H,2,11-12H2,1H3,(H,22,27)(H,23,26)/t13-/m1/s1. The number of carbonyl (C=O) groups is 3. The molecule has 27 heavy (non-hydrogen) atoms. The lowest BCUT2D eigenvalue weighted by molar-refractivity contribution is -0.122. The molecule has 6 nitrogen and oxygen atoms in total. The van der Waals surface area contributed by atoms with Crippen LogP contribution in [0.4, 0.5) is 15.8 Å². The molecule has 1 aliphatic rings. The van der Waals surface area contributed by atoms with Gasteiger partial charge in [-0.15, -0.1) is 0 Å². The number of hydrogen-bond acceptors (Lipinski definition) is 3. The van der Waals surface area contributed by atoms with Gasteiger partial charge in [0.15, 0.2) is 0 Å². The molecule has 2 N–H and O–H groups in total. The van der Waals surface area contributed by atoms with Crippen LogP contribution >= 0.6 is 0 Å². The molecular formula is C20H20FN3O3. The van der Waals surface area contributed by atoms with E-state index in [1.54, 1.807) is 24.3 Å². The van der Waals surface area contributed by atoms with E-state index in [2.05, 4.69) is 10.6 Å². The van der Waals surface area contributed by atoms with Crippen LogP contribution < -0.4 is 15.5 Å². The minimum atomic E-state index is -0.551. The second kappa shape index (κ2) is 7.99. The minimum Gasteiger partial charge on any atom is -0.352 e. The molecule has 0 bridgehead atoms. The molecule has 0 aliphatic carbocycles. The Hall–Kier alpha value is -3.22. The third kappa shape index (κ3) is 4.13. The van der Waals surface area contributed by atoms with Crippen molar-refractivity contribution >= 4 is 29.1 Å². The minimum absolute atomic E-state index is 0.0620. The monoisotopic (exact) mass is 369 g/mol. The molecule has 1 heterocycles. The molecule has 1 fully saturated rings. The number of para-hydroxylation sites is 1. The SMILES string of the molecule is CCNC(=O)c1ccccc1NC(=O)[C@@H]1CC(=O)N(c2ccc(F)cc2)C1. The smallest absolute Gasteiger partial charge is 0.253 e. The van der Waals surface area contributed by atoms with E-state index in [1.807, 2.05) is 6.92 Å². The first-order valence-corrected chi connectivity index (χ1v) is 8.73. The average molecular weight is 369 g/mol. The fraction of sp³-hybridized carbons (Fsp3) is 0.250. The second-order valence-electron chi connectivity index (χ2n) is 6.28. The lowest BCUT2D eigenvalue weighted by atomic mass is 10.1. The van der Waals surface area contributed by atoms with Crippen LogP contribution in [0.2, 0.25) is 0 Å². The molecular weight excluding hydrogens is 349 g/mol. The van der Waals surface area contributed by atoms with Gasteiger partial charge in [0, 0.05) is 25.2 Å². The van der Waals surface area contributed by atoms with E-state index in [4.69, 9.17) is 0 Å². The quantitative estimate of drug-likeness (QED) is 0.850. The van der Waals surface area contributed by atoms with Crippen LogP contribution in [0.15, 0.2) is 48.5 Å². The van der Waals surface area contributed by atoms with Crippen molar-refractivity contribution in [1.82, 2.24) is 5.32 Å². The highest BCUT2D eigenvalue weighted by Crippen LogP contribution is 2.26. The molecule has 0 unspecified atom stereocenters. The second-order valence-corrected chi connectivity index (χ2v) is 6.28. The van der Waals surface area contributed by atoms with Gasteiger partial charge in [-0.05, 0) is 43.3 Å². The summed E-state index contributed by atoms with van der Waals surface area (Å²) < 4.78 is 13.1. The number of amides is 3. The number of anilines is 2. The van der Waals surface area contributed by atoms with E-state index in [1.165, 1.54) is 29.2 Å². The predicted molar refractivity (Wildman–Crippen MR) is 99.9 cm³/mol. The van der Waals surface area contributed by atoms with E-state index in [0.29, 0.717) is 23.5 Å².